The fraction of sp³-hybridized carbons (Fsp3) is 0.556. The van der Waals surface area contributed by atoms with E-state index in [1.165, 1.54) is 11.3 Å². The number of aliphatic hydroxyl groups is 1. The molecule has 0 aliphatic rings. The molecule has 0 spiro atoms. The molecule has 0 amide bonds. The highest BCUT2D eigenvalue weighted by Gasteiger charge is 2.15. The molecule has 80 valence electrons. The van der Waals surface area contributed by atoms with Crippen molar-refractivity contribution in [1.29, 1.82) is 0 Å². The first kappa shape index (κ1) is 12.5. The van der Waals surface area contributed by atoms with E-state index < -0.39 is 0 Å². The predicted octanol–water partition coefficient (Wildman–Crippen LogP) is 3.02. The first-order valence-electron chi connectivity index (χ1n) is 4.24. The van der Waals surface area contributed by atoms with Gasteiger partial charge in [0.15, 0.2) is 0 Å². The molecule has 0 saturated heterocycles. The van der Waals surface area contributed by atoms with Crippen molar-refractivity contribution in [2.45, 2.75) is 25.9 Å². The highest BCUT2D eigenvalue weighted by Crippen LogP contribution is 2.31. The number of rotatable bonds is 4. The van der Waals surface area contributed by atoms with E-state index in [0.29, 0.717) is 0 Å². The zero-order chi connectivity index (χ0) is 10.8. The minimum absolute atomic E-state index is 0.118. The maximum absolute atomic E-state index is 9.04. The Morgan fingerprint density at radius 2 is 2.29 bits per heavy atom. The van der Waals surface area contributed by atoms with Crippen LogP contribution in [-0.4, -0.2) is 17.3 Å². The Labute approximate surface area is 101 Å². The van der Waals surface area contributed by atoms with E-state index >= 15 is 0 Å². The number of nitrogens with one attached hydrogen (secondary N) is 1. The first-order chi connectivity index (χ1) is 6.44. The fourth-order valence-electron chi connectivity index (χ4n) is 0.861. The maximum Gasteiger partial charge on any atom is 0.107 e. The number of hydrogen-bond acceptors (Lipinski definition) is 3. The van der Waals surface area contributed by atoms with E-state index in [2.05, 4.69) is 21.2 Å². The van der Waals surface area contributed by atoms with Crippen LogP contribution in [0.3, 0.4) is 0 Å². The maximum atomic E-state index is 9.04. The van der Waals surface area contributed by atoms with Gasteiger partial charge in [-0.2, -0.15) is 0 Å². The molecular weight excluding hydrogens is 286 g/mol. The number of thiophene rings is 1. The van der Waals surface area contributed by atoms with Crippen LogP contribution in [0.25, 0.3) is 0 Å². The molecule has 0 unspecified atom stereocenters. The van der Waals surface area contributed by atoms with Crippen LogP contribution in [-0.2, 0) is 6.54 Å². The molecule has 0 atom stereocenters. The van der Waals surface area contributed by atoms with Crippen LogP contribution in [0.4, 0.5) is 0 Å². The van der Waals surface area contributed by atoms with Gasteiger partial charge in [-0.05, 0) is 35.8 Å². The summed E-state index contributed by atoms with van der Waals surface area (Å²) in [6.07, 6.45) is 0. The van der Waals surface area contributed by atoms with E-state index in [-0.39, 0.29) is 12.1 Å². The van der Waals surface area contributed by atoms with Gasteiger partial charge in [0.25, 0.3) is 0 Å². The van der Waals surface area contributed by atoms with Crippen molar-refractivity contribution in [3.8, 4) is 0 Å². The summed E-state index contributed by atoms with van der Waals surface area (Å²) in [5, 5.41) is 12.3. The Balaban J connectivity index is 2.54. The standard InChI is InChI=1S/C9H13BrClNOS/c1-9(2,5-13)12-4-6-3-7(10)8(11)14-6/h3,12-13H,4-5H2,1-2H3. The molecule has 2 N–H and O–H groups in total. The summed E-state index contributed by atoms with van der Waals surface area (Å²) in [6.45, 7) is 4.76. The first-order valence-corrected chi connectivity index (χ1v) is 6.23. The molecule has 1 rings (SSSR count). The third kappa shape index (κ3) is 3.51. The van der Waals surface area contributed by atoms with Gasteiger partial charge >= 0.3 is 0 Å². The van der Waals surface area contributed by atoms with E-state index in [4.69, 9.17) is 16.7 Å². The van der Waals surface area contributed by atoms with Crippen LogP contribution in [0.1, 0.15) is 18.7 Å². The molecule has 0 fully saturated rings. The fourth-order valence-corrected chi connectivity index (χ4v) is 2.59. The lowest BCUT2D eigenvalue weighted by atomic mass is 10.1. The van der Waals surface area contributed by atoms with Gasteiger partial charge in [-0.15, -0.1) is 11.3 Å². The van der Waals surface area contributed by atoms with E-state index in [9.17, 15) is 0 Å². The third-order valence-corrected chi connectivity index (χ3v) is 4.31. The molecule has 0 aliphatic heterocycles. The average Bonchev–Trinajstić information content (AvgIpc) is 2.44. The number of hydrogen-bond donors (Lipinski definition) is 2. The van der Waals surface area contributed by atoms with Crippen LogP contribution in [0.2, 0.25) is 4.34 Å². The zero-order valence-electron chi connectivity index (χ0n) is 8.10. The molecular formula is C9H13BrClNOS. The second-order valence-corrected chi connectivity index (χ2v) is 6.32. The molecule has 1 heterocycles. The summed E-state index contributed by atoms with van der Waals surface area (Å²) in [6, 6.07) is 1.99. The van der Waals surface area contributed by atoms with E-state index in [1.54, 1.807) is 0 Å². The average molecular weight is 299 g/mol. The zero-order valence-corrected chi connectivity index (χ0v) is 11.3. The molecule has 1 aromatic heterocycles. The van der Waals surface area contributed by atoms with Crippen molar-refractivity contribution in [2.75, 3.05) is 6.61 Å². The van der Waals surface area contributed by atoms with Crippen molar-refractivity contribution < 1.29 is 5.11 Å². The van der Waals surface area contributed by atoms with E-state index in [0.717, 1.165) is 20.2 Å². The molecule has 0 saturated carbocycles. The minimum Gasteiger partial charge on any atom is -0.394 e. The Morgan fingerprint density at radius 1 is 1.64 bits per heavy atom. The Kier molecular flexibility index (Phi) is 4.40. The summed E-state index contributed by atoms with van der Waals surface area (Å²) in [7, 11) is 0. The molecule has 0 radical (unpaired) electrons. The summed E-state index contributed by atoms with van der Waals surface area (Å²) < 4.78 is 1.70. The topological polar surface area (TPSA) is 32.3 Å². The highest BCUT2D eigenvalue weighted by atomic mass is 79.9. The van der Waals surface area contributed by atoms with Gasteiger partial charge < -0.3 is 10.4 Å². The van der Waals surface area contributed by atoms with E-state index in [1.807, 2.05) is 19.9 Å². The van der Waals surface area contributed by atoms with Crippen molar-refractivity contribution >= 4 is 38.9 Å². The minimum atomic E-state index is -0.247. The Bertz CT molecular complexity index is 294. The molecule has 2 nitrogen and oxygen atoms in total. The predicted molar refractivity (Wildman–Crippen MR) is 65.0 cm³/mol. The van der Waals surface area contributed by atoms with Crippen LogP contribution in [0, 0.1) is 0 Å². The summed E-state index contributed by atoms with van der Waals surface area (Å²) in [5.74, 6) is 0. The van der Waals surface area contributed by atoms with Crippen molar-refractivity contribution in [2.24, 2.45) is 0 Å². The van der Waals surface area contributed by atoms with Gasteiger partial charge in [0.1, 0.15) is 4.34 Å². The number of halogens is 2. The monoisotopic (exact) mass is 297 g/mol. The lowest BCUT2D eigenvalue weighted by Crippen LogP contribution is -2.41. The largest absolute Gasteiger partial charge is 0.394 e. The van der Waals surface area contributed by atoms with Crippen LogP contribution in [0.15, 0.2) is 10.5 Å². The van der Waals surface area contributed by atoms with Gasteiger partial charge in [0.05, 0.1) is 6.61 Å². The number of aliphatic hydroxyl groups excluding tert-OH is 1. The normalized spacial score (nSPS) is 12.1. The van der Waals surface area contributed by atoms with Gasteiger partial charge in [-0.3, -0.25) is 0 Å². The van der Waals surface area contributed by atoms with Crippen LogP contribution in [0.5, 0.6) is 0 Å². The summed E-state index contributed by atoms with van der Waals surface area (Å²) in [4.78, 5) is 1.16. The van der Waals surface area contributed by atoms with Crippen LogP contribution >= 0.6 is 38.9 Å². The summed E-state index contributed by atoms with van der Waals surface area (Å²) in [5.41, 5.74) is -0.247. The quantitative estimate of drug-likeness (QED) is 0.895. The van der Waals surface area contributed by atoms with Crippen molar-refractivity contribution in [1.82, 2.24) is 5.32 Å². The van der Waals surface area contributed by atoms with Crippen molar-refractivity contribution in [3.63, 3.8) is 0 Å². The molecule has 0 aromatic carbocycles. The summed E-state index contributed by atoms with van der Waals surface area (Å²) >= 11 is 10.8. The van der Waals surface area contributed by atoms with Gasteiger partial charge in [-0.1, -0.05) is 11.6 Å². The molecule has 5 heteroatoms. The second-order valence-electron chi connectivity index (χ2n) is 3.73. The van der Waals surface area contributed by atoms with Gasteiger partial charge in [-0.25, -0.2) is 0 Å². The molecule has 1 aromatic rings. The SMILES string of the molecule is CC(C)(CO)NCc1cc(Br)c(Cl)s1. The van der Waals surface area contributed by atoms with Crippen LogP contribution < -0.4 is 5.32 Å². The third-order valence-electron chi connectivity index (χ3n) is 1.83. The Morgan fingerprint density at radius 3 is 2.71 bits per heavy atom. The van der Waals surface area contributed by atoms with Crippen molar-refractivity contribution in [3.05, 3.63) is 19.8 Å². The Hall–Kier alpha value is 0.390. The second kappa shape index (κ2) is 4.94. The van der Waals surface area contributed by atoms with Gasteiger partial charge in [0.2, 0.25) is 0 Å². The lowest BCUT2D eigenvalue weighted by molar-refractivity contribution is 0.187. The molecule has 0 aliphatic carbocycles. The molecule has 14 heavy (non-hydrogen) atoms. The molecule has 0 bridgehead atoms. The van der Waals surface area contributed by atoms with Gasteiger partial charge in [0, 0.05) is 21.4 Å². The smallest absolute Gasteiger partial charge is 0.107 e. The lowest BCUT2D eigenvalue weighted by Gasteiger charge is -2.22. The highest BCUT2D eigenvalue weighted by molar-refractivity contribution is 9.10.